The molecule has 1 aliphatic heterocycles. The number of hydrogen-bond acceptors (Lipinski definition) is 8. The number of carbonyl (C=O) groups is 5. The summed E-state index contributed by atoms with van der Waals surface area (Å²) in [5.74, 6) is -0.689. The van der Waals surface area contributed by atoms with Crippen molar-refractivity contribution in [2.24, 2.45) is 22.7 Å². The Kier molecular flexibility index (Phi) is 27.4. The first-order chi connectivity index (χ1) is 27.3. The van der Waals surface area contributed by atoms with E-state index in [2.05, 4.69) is 55.9 Å². The molecule has 0 bridgehead atoms. The van der Waals surface area contributed by atoms with E-state index in [1.807, 2.05) is 84.3 Å². The van der Waals surface area contributed by atoms with Crippen molar-refractivity contribution >= 4 is 52.2 Å². The molecule has 1 aromatic heterocycles. The number of urea groups is 1. The van der Waals surface area contributed by atoms with Gasteiger partial charge in [0.25, 0.3) is 0 Å². The lowest BCUT2D eigenvalue weighted by atomic mass is 9.81. The van der Waals surface area contributed by atoms with Gasteiger partial charge in [0.2, 0.25) is 17.6 Å². The molecule has 4 amide bonds. The van der Waals surface area contributed by atoms with Crippen LogP contribution < -0.4 is 21.3 Å². The van der Waals surface area contributed by atoms with Gasteiger partial charge >= 0.3 is 6.03 Å². The Morgan fingerprint density at radius 1 is 0.948 bits per heavy atom. The van der Waals surface area contributed by atoms with Crippen molar-refractivity contribution in [3.05, 3.63) is 17.5 Å². The SMILES string of the molecule is CC.CCC.CCC(C)CN(CC(NC(=O)NC(C(=O)N1CCCC1C(=O)NC(CCC1CCC1)C(=O)C=O)C(C)(C)C)C(C)(C)C)S(=O)c1cccs1.CCNC. The molecule has 0 radical (unpaired) electrons. The zero-order chi connectivity index (χ0) is 44.6. The van der Waals surface area contributed by atoms with Gasteiger partial charge in [0, 0.05) is 25.7 Å². The monoisotopic (exact) mass is 855 g/mol. The second kappa shape index (κ2) is 28.7. The summed E-state index contributed by atoms with van der Waals surface area (Å²) in [5, 5.41) is 13.6. The third-order valence-corrected chi connectivity index (χ3v) is 12.9. The first kappa shape index (κ1) is 55.3. The van der Waals surface area contributed by atoms with Crippen LogP contribution >= 0.6 is 11.3 Å². The van der Waals surface area contributed by atoms with Crippen molar-refractivity contribution < 1.29 is 28.2 Å². The number of nitrogens with one attached hydrogen (secondary N) is 4. The van der Waals surface area contributed by atoms with E-state index in [9.17, 15) is 28.2 Å². The van der Waals surface area contributed by atoms with E-state index in [1.54, 1.807) is 0 Å². The Morgan fingerprint density at radius 2 is 1.55 bits per heavy atom. The van der Waals surface area contributed by atoms with E-state index < -0.39 is 63.7 Å². The minimum atomic E-state index is -1.39. The Hall–Kier alpha value is -2.68. The summed E-state index contributed by atoms with van der Waals surface area (Å²) in [7, 11) is 0.537. The predicted molar refractivity (Wildman–Crippen MR) is 241 cm³/mol. The molecule has 58 heavy (non-hydrogen) atoms. The van der Waals surface area contributed by atoms with E-state index in [4.69, 9.17) is 0 Å². The Bertz CT molecular complexity index is 1360. The number of likely N-dealkylation sites (tertiary alicyclic amines) is 1. The molecule has 1 saturated carbocycles. The molecular formula is C44H82N6O6S2. The van der Waals surface area contributed by atoms with Gasteiger partial charge in [-0.05, 0) is 73.4 Å². The number of aldehydes is 1. The molecular weight excluding hydrogens is 773 g/mol. The van der Waals surface area contributed by atoms with Crippen LogP contribution in [0.15, 0.2) is 21.7 Å². The van der Waals surface area contributed by atoms with Crippen molar-refractivity contribution in [3.8, 4) is 0 Å². The molecule has 1 aliphatic carbocycles. The van der Waals surface area contributed by atoms with Crippen LogP contribution in [-0.2, 0) is 30.2 Å². The first-order valence-corrected chi connectivity index (χ1v) is 23.8. The maximum absolute atomic E-state index is 14.1. The summed E-state index contributed by atoms with van der Waals surface area (Å²) in [6.45, 7) is 28.5. The zero-order valence-corrected chi connectivity index (χ0v) is 40.3. The van der Waals surface area contributed by atoms with Crippen LogP contribution in [0.1, 0.15) is 148 Å². The molecule has 2 aliphatic rings. The number of thiophene rings is 1. The van der Waals surface area contributed by atoms with Gasteiger partial charge in [0.1, 0.15) is 27.3 Å². The van der Waals surface area contributed by atoms with Crippen molar-refractivity contribution in [1.29, 1.82) is 0 Å². The lowest BCUT2D eigenvalue weighted by Crippen LogP contribution is -2.61. The fourth-order valence-electron chi connectivity index (χ4n) is 6.18. The number of ketones is 1. The molecule has 2 heterocycles. The van der Waals surface area contributed by atoms with Crippen LogP contribution in [0.5, 0.6) is 0 Å². The molecule has 4 N–H and O–H groups in total. The smallest absolute Gasteiger partial charge is 0.315 e. The van der Waals surface area contributed by atoms with Gasteiger partial charge in [0.05, 0.1) is 6.04 Å². The topological polar surface area (TPSA) is 157 Å². The van der Waals surface area contributed by atoms with E-state index in [1.165, 1.54) is 22.7 Å². The summed E-state index contributed by atoms with van der Waals surface area (Å²) in [4.78, 5) is 66.7. The van der Waals surface area contributed by atoms with Gasteiger partial charge < -0.3 is 26.2 Å². The molecule has 6 unspecified atom stereocenters. The second-order valence-electron chi connectivity index (χ2n) is 17.4. The average Bonchev–Trinajstić information content (AvgIpc) is 3.88. The number of carbonyl (C=O) groups excluding carboxylic acids is 5. The van der Waals surface area contributed by atoms with E-state index in [-0.39, 0.29) is 12.2 Å². The van der Waals surface area contributed by atoms with Crippen LogP contribution in [0.4, 0.5) is 4.79 Å². The molecule has 0 aromatic carbocycles. The molecule has 1 aromatic rings. The normalized spacial score (nSPS) is 17.9. The van der Waals surface area contributed by atoms with Crippen molar-refractivity contribution in [2.75, 3.05) is 33.2 Å². The molecule has 6 atom stereocenters. The van der Waals surface area contributed by atoms with E-state index in [0.29, 0.717) is 50.7 Å². The van der Waals surface area contributed by atoms with Gasteiger partial charge in [0.15, 0.2) is 6.29 Å². The number of Topliss-reactive ketones (excluding diaryl/α,β-unsaturated/α-hetero) is 1. The van der Waals surface area contributed by atoms with Crippen molar-refractivity contribution in [1.82, 2.24) is 30.5 Å². The highest BCUT2D eigenvalue weighted by Crippen LogP contribution is 2.31. The molecule has 12 nitrogen and oxygen atoms in total. The highest BCUT2D eigenvalue weighted by Gasteiger charge is 2.43. The second-order valence-corrected chi connectivity index (χ2v) is 20.1. The lowest BCUT2D eigenvalue weighted by molar-refractivity contribution is -0.142. The van der Waals surface area contributed by atoms with Crippen LogP contribution in [0.2, 0.25) is 0 Å². The third kappa shape index (κ3) is 19.6. The summed E-state index contributed by atoms with van der Waals surface area (Å²) in [6, 6.07) is 0.135. The summed E-state index contributed by atoms with van der Waals surface area (Å²) in [5.41, 5.74) is -1.10. The summed E-state index contributed by atoms with van der Waals surface area (Å²) in [6.07, 6.45) is 7.96. The molecule has 336 valence electrons. The van der Waals surface area contributed by atoms with Gasteiger partial charge in [-0.1, -0.05) is 128 Å². The Balaban J connectivity index is 0.00000329. The quantitative estimate of drug-likeness (QED) is 0.0870. The van der Waals surface area contributed by atoms with Crippen molar-refractivity contribution in [2.45, 2.75) is 176 Å². The fraction of sp³-hybridized carbons (Fsp3) is 0.795. The molecule has 2 fully saturated rings. The Morgan fingerprint density at radius 3 is 2.00 bits per heavy atom. The van der Waals surface area contributed by atoms with Crippen LogP contribution in [-0.4, -0.2) is 101 Å². The standard InChI is InChI=1S/C36H59N5O6S2.C3H9N.C3H8.C2H6/c1-9-24(2)21-40(49(47)30-16-12-20-48-30)22-29(35(3,4)5)38-34(46)39-31(36(6,7)8)33(45)41-19-11-15-27(41)32(44)37-26(28(43)23-42)18-17-25-13-10-14-25;1-3-4-2;1-3-2;1-2/h12,16,20,23-27,29,31H,9-11,13-15,17-19,21-22H2,1-8H3,(H,37,44)(H2,38,39,46);4H,3H2,1-2H3;3H2,1-2H3;1-2H3. The Labute approximate surface area is 359 Å². The number of hydrogen-bond donors (Lipinski definition) is 4. The van der Waals surface area contributed by atoms with Crippen LogP contribution in [0.3, 0.4) is 0 Å². The van der Waals surface area contributed by atoms with Gasteiger partial charge in [-0.25, -0.2) is 13.3 Å². The van der Waals surface area contributed by atoms with Crippen LogP contribution in [0, 0.1) is 22.7 Å². The van der Waals surface area contributed by atoms with E-state index in [0.717, 1.165) is 42.9 Å². The van der Waals surface area contributed by atoms with Gasteiger partial charge in [-0.2, -0.15) is 0 Å². The van der Waals surface area contributed by atoms with E-state index >= 15 is 0 Å². The first-order valence-electron chi connectivity index (χ1n) is 21.8. The van der Waals surface area contributed by atoms with Gasteiger partial charge in [-0.15, -0.1) is 11.3 Å². The summed E-state index contributed by atoms with van der Waals surface area (Å²) >= 11 is 1.44. The number of rotatable bonds is 18. The maximum Gasteiger partial charge on any atom is 0.315 e. The highest BCUT2D eigenvalue weighted by molar-refractivity contribution is 7.85. The minimum absolute atomic E-state index is 0.260. The predicted octanol–water partition coefficient (Wildman–Crippen LogP) is 7.74. The molecule has 0 spiro atoms. The lowest BCUT2D eigenvalue weighted by Gasteiger charge is -2.38. The number of nitrogens with zero attached hydrogens (tertiary/aromatic N) is 2. The molecule has 1 saturated heterocycles. The third-order valence-electron chi connectivity index (χ3n) is 10.3. The van der Waals surface area contributed by atoms with Crippen molar-refractivity contribution in [3.63, 3.8) is 0 Å². The fourth-order valence-corrected chi connectivity index (χ4v) is 8.57. The molecule has 14 heteroatoms. The maximum atomic E-state index is 14.1. The zero-order valence-electron chi connectivity index (χ0n) is 38.6. The summed E-state index contributed by atoms with van der Waals surface area (Å²) < 4.78 is 16.3. The largest absolute Gasteiger partial charge is 0.344 e. The highest BCUT2D eigenvalue weighted by atomic mass is 32.2. The minimum Gasteiger partial charge on any atom is -0.344 e. The van der Waals surface area contributed by atoms with Crippen LogP contribution in [0.25, 0.3) is 0 Å². The van der Waals surface area contributed by atoms with Gasteiger partial charge in [-0.3, -0.25) is 19.2 Å². The average molecular weight is 855 g/mol. The molecule has 3 rings (SSSR count). The number of amides is 4.